The van der Waals surface area contributed by atoms with E-state index in [-0.39, 0.29) is 11.4 Å². The van der Waals surface area contributed by atoms with Crippen LogP contribution in [0.15, 0.2) is 36.7 Å². The molecule has 1 aromatic heterocycles. The average Bonchev–Trinajstić information content (AvgIpc) is 2.99. The number of nitrogens with zero attached hydrogens (tertiary/aromatic N) is 2. The van der Waals surface area contributed by atoms with Crippen LogP contribution in [0.1, 0.15) is 22.8 Å². The van der Waals surface area contributed by atoms with Crippen LogP contribution in [-0.4, -0.2) is 82.3 Å². The summed E-state index contributed by atoms with van der Waals surface area (Å²) in [4.78, 5) is 19.8. The quantitative estimate of drug-likeness (QED) is 0.144. The average molecular weight is 742 g/mol. The molecule has 0 aliphatic carbocycles. The zero-order valence-electron chi connectivity index (χ0n) is 22.7. The highest BCUT2D eigenvalue weighted by atomic mass is 19.4. The van der Waals surface area contributed by atoms with Gasteiger partial charge >= 0.3 is 65.7 Å². The topological polar surface area (TPSA) is 52.1 Å². The first-order valence-electron chi connectivity index (χ1n) is 12.1. The van der Waals surface area contributed by atoms with Crippen LogP contribution >= 0.6 is 0 Å². The molecular formula is C24H14F20N2O2. The van der Waals surface area contributed by atoms with Crippen molar-refractivity contribution in [3.63, 3.8) is 0 Å². The Hall–Kier alpha value is -3.63. The molecule has 2 aromatic rings. The van der Waals surface area contributed by atoms with Gasteiger partial charge in [-0.15, -0.1) is 0 Å². The van der Waals surface area contributed by atoms with Crippen molar-refractivity contribution >= 4 is 5.97 Å². The fourth-order valence-corrected chi connectivity index (χ4v) is 3.33. The smallest absolute Gasteiger partial charge is 0.385 e. The van der Waals surface area contributed by atoms with Gasteiger partial charge in [0.1, 0.15) is 0 Å². The van der Waals surface area contributed by atoms with Gasteiger partial charge in [0.05, 0.1) is 5.56 Å². The first-order valence-corrected chi connectivity index (χ1v) is 12.1. The molecule has 48 heavy (non-hydrogen) atoms. The third-order valence-electron chi connectivity index (χ3n) is 6.40. The van der Waals surface area contributed by atoms with E-state index in [1.54, 1.807) is 6.92 Å². The van der Waals surface area contributed by atoms with Gasteiger partial charge in [0.15, 0.2) is 12.4 Å². The van der Waals surface area contributed by atoms with Crippen molar-refractivity contribution < 1.29 is 97.3 Å². The number of hydrogen-bond acceptors (Lipinski definition) is 4. The minimum atomic E-state index is -9.12. The van der Waals surface area contributed by atoms with Crippen molar-refractivity contribution in [2.24, 2.45) is 0 Å². The molecule has 0 atom stereocenters. The summed E-state index contributed by atoms with van der Waals surface area (Å²) in [6.07, 6.45) is -2.88. The molecule has 272 valence electrons. The molecule has 24 heteroatoms. The molecule has 0 bridgehead atoms. The van der Waals surface area contributed by atoms with Crippen LogP contribution in [0.3, 0.4) is 0 Å². The molecule has 0 radical (unpaired) electrons. The van der Waals surface area contributed by atoms with E-state index in [0.29, 0.717) is 24.1 Å². The summed E-state index contributed by atoms with van der Waals surface area (Å²) in [6.45, 7) is -1.71. The molecule has 0 spiro atoms. The van der Waals surface area contributed by atoms with Crippen molar-refractivity contribution in [2.45, 2.75) is 73.1 Å². The number of rotatable bonds is 14. The maximum Gasteiger partial charge on any atom is 0.385 e. The van der Waals surface area contributed by atoms with Crippen LogP contribution in [0.4, 0.5) is 87.8 Å². The van der Waals surface area contributed by atoms with Crippen LogP contribution in [0.2, 0.25) is 0 Å². The van der Waals surface area contributed by atoms with Gasteiger partial charge in [-0.25, -0.2) is 23.5 Å². The number of hydrogen-bond donors (Lipinski definition) is 0. The van der Waals surface area contributed by atoms with Crippen LogP contribution in [0.5, 0.6) is 0 Å². The number of aromatic nitrogens is 2. The van der Waals surface area contributed by atoms with Gasteiger partial charge in [-0.2, -0.15) is 79.0 Å². The van der Waals surface area contributed by atoms with Crippen LogP contribution in [-0.2, 0) is 11.2 Å². The zero-order chi connectivity index (χ0) is 37.7. The summed E-state index contributed by atoms with van der Waals surface area (Å²) in [5.74, 6) is -78.4. The number of carbonyl (C=O) groups is 1. The molecule has 0 aliphatic heterocycles. The third kappa shape index (κ3) is 5.95. The van der Waals surface area contributed by atoms with E-state index in [1.165, 1.54) is 12.4 Å². The maximum absolute atomic E-state index is 14.1. The van der Waals surface area contributed by atoms with Crippen molar-refractivity contribution in [2.75, 3.05) is 6.61 Å². The maximum atomic E-state index is 14.1. The van der Waals surface area contributed by atoms with Crippen molar-refractivity contribution in [3.8, 4) is 11.4 Å². The fraction of sp³-hybridized carbons (Fsp3) is 0.542. The lowest BCUT2D eigenvalue weighted by molar-refractivity contribution is -0.465. The molecule has 1 aromatic carbocycles. The lowest BCUT2D eigenvalue weighted by atomic mass is 9.86. The van der Waals surface area contributed by atoms with E-state index in [1.807, 2.05) is 0 Å². The van der Waals surface area contributed by atoms with Gasteiger partial charge in [-0.1, -0.05) is 19.1 Å². The van der Waals surface area contributed by atoms with Gasteiger partial charge in [-0.05, 0) is 24.1 Å². The molecule has 4 nitrogen and oxygen atoms in total. The van der Waals surface area contributed by atoms with Crippen molar-refractivity contribution in [1.82, 2.24) is 9.97 Å². The molecule has 0 N–H and O–H groups in total. The van der Waals surface area contributed by atoms with Crippen LogP contribution in [0, 0.1) is 0 Å². The number of carbonyl (C=O) groups excluding carboxylic acids is 1. The van der Waals surface area contributed by atoms with E-state index in [4.69, 9.17) is 0 Å². The second-order valence-electron chi connectivity index (χ2n) is 9.57. The Balaban J connectivity index is 2.39. The number of ether oxygens (including phenoxy) is 1. The Labute approximate surface area is 253 Å². The Morgan fingerprint density at radius 3 is 1.38 bits per heavy atom. The van der Waals surface area contributed by atoms with Gasteiger partial charge in [0, 0.05) is 18.0 Å². The molecule has 1 heterocycles. The second-order valence-corrected chi connectivity index (χ2v) is 9.57. The summed E-state index contributed by atoms with van der Waals surface area (Å²) >= 11 is 0. The largest absolute Gasteiger partial charge is 0.455 e. The van der Waals surface area contributed by atoms with E-state index < -0.39 is 77.9 Å². The van der Waals surface area contributed by atoms with Crippen molar-refractivity contribution in [3.05, 3.63) is 47.8 Å². The molecule has 0 aliphatic rings. The Bertz CT molecular complexity index is 1440. The summed E-state index contributed by atoms with van der Waals surface area (Å²) < 4.78 is 274. The van der Waals surface area contributed by atoms with E-state index in [0.717, 1.165) is 12.1 Å². The molecule has 2 rings (SSSR count). The molecule has 0 unspecified atom stereocenters. The normalized spacial score (nSPS) is 14.8. The first-order chi connectivity index (χ1) is 21.3. The van der Waals surface area contributed by atoms with Crippen LogP contribution in [0.25, 0.3) is 11.4 Å². The second kappa shape index (κ2) is 12.4. The van der Waals surface area contributed by atoms with Crippen LogP contribution < -0.4 is 0 Å². The standard InChI is InChI=1S/C24H14F20N2O2/c1-2-10-7-45-13(46-8-10)11-3-5-12(6-4-11)14(47)48-9-16(27,28)18(31,32)20(35,36)22(39,40)24(43,44)23(41,42)21(37,38)19(33,34)17(29,30)15(25)26/h3-8,15H,2,9H2,1H3. The minimum Gasteiger partial charge on any atom is -0.455 e. The van der Waals surface area contributed by atoms with E-state index in [2.05, 4.69) is 14.7 Å². The van der Waals surface area contributed by atoms with Gasteiger partial charge in [0.25, 0.3) is 0 Å². The summed E-state index contributed by atoms with van der Waals surface area (Å²) in [7, 11) is 0. The highest BCUT2D eigenvalue weighted by Gasteiger charge is 2.96. The zero-order valence-corrected chi connectivity index (χ0v) is 22.7. The minimum absolute atomic E-state index is 0.00745. The molecule has 0 saturated heterocycles. The summed E-state index contributed by atoms with van der Waals surface area (Å²) in [6, 6.07) is 3.36. The van der Waals surface area contributed by atoms with Gasteiger partial charge in [-0.3, -0.25) is 0 Å². The predicted molar refractivity (Wildman–Crippen MR) is 118 cm³/mol. The molecular weight excluding hydrogens is 728 g/mol. The highest BCUT2D eigenvalue weighted by molar-refractivity contribution is 5.90. The first kappa shape index (κ1) is 40.5. The fourth-order valence-electron chi connectivity index (χ4n) is 3.33. The SMILES string of the molecule is CCc1cnc(-c2ccc(C(=O)OCC(F)(F)C(F)(F)C(F)(F)C(F)(F)C(F)(F)C(F)(F)C(F)(F)C(F)(F)C(F)(F)C(F)F)cc2)nc1. The lowest BCUT2D eigenvalue weighted by Crippen LogP contribution is -2.76. The third-order valence-corrected chi connectivity index (χ3v) is 6.40. The molecule has 0 saturated carbocycles. The Morgan fingerprint density at radius 2 is 1.00 bits per heavy atom. The monoisotopic (exact) mass is 742 g/mol. The predicted octanol–water partition coefficient (Wildman–Crippen LogP) is 8.85. The summed E-state index contributed by atoms with van der Waals surface area (Å²) in [5, 5.41) is 0. The highest BCUT2D eigenvalue weighted by Crippen LogP contribution is 2.65. The number of benzene rings is 1. The van der Waals surface area contributed by atoms with Gasteiger partial charge < -0.3 is 4.74 Å². The number of aryl methyl sites for hydroxylation is 1. The molecule has 0 amide bonds. The van der Waals surface area contributed by atoms with E-state index in [9.17, 15) is 92.6 Å². The van der Waals surface area contributed by atoms with Gasteiger partial charge in [0.2, 0.25) is 0 Å². The lowest BCUT2D eigenvalue weighted by Gasteiger charge is -2.44. The number of esters is 1. The number of alkyl halides is 20. The van der Waals surface area contributed by atoms with Crippen molar-refractivity contribution in [1.29, 1.82) is 0 Å². The van der Waals surface area contributed by atoms with E-state index >= 15 is 0 Å². The molecule has 0 fully saturated rings. The Kier molecular flexibility index (Phi) is 10.4. The number of halogens is 20. The summed E-state index contributed by atoms with van der Waals surface area (Å²) in [5.41, 5.74) is -0.0755. The Morgan fingerprint density at radius 1 is 0.625 bits per heavy atom.